The van der Waals surface area contributed by atoms with Gasteiger partial charge >= 0.3 is 12.1 Å². The summed E-state index contributed by atoms with van der Waals surface area (Å²) in [6, 6.07) is -0.645. The highest BCUT2D eigenvalue weighted by Gasteiger charge is 2.42. The van der Waals surface area contributed by atoms with Gasteiger partial charge in [-0.05, 0) is 59.0 Å². The number of carbonyl (C=O) groups is 2. The molecule has 0 saturated carbocycles. The van der Waals surface area contributed by atoms with E-state index in [1.807, 2.05) is 20.8 Å². The third-order valence-electron chi connectivity index (χ3n) is 5.22. The zero-order chi connectivity index (χ0) is 20.0. The highest BCUT2D eigenvalue weighted by molar-refractivity contribution is 5.82. The summed E-state index contributed by atoms with van der Waals surface area (Å²) in [4.78, 5) is 28.6. The molecule has 0 N–H and O–H groups in total. The maximum atomic E-state index is 12.5. The van der Waals surface area contributed by atoms with E-state index in [0.717, 1.165) is 13.0 Å². The van der Waals surface area contributed by atoms with Crippen LogP contribution >= 0.6 is 0 Å². The summed E-state index contributed by atoms with van der Waals surface area (Å²) in [6.45, 7) is 12.0. The van der Waals surface area contributed by atoms with Crippen molar-refractivity contribution in [2.75, 3.05) is 39.9 Å². The molecule has 1 unspecified atom stereocenters. The quantitative estimate of drug-likeness (QED) is 0.629. The fourth-order valence-corrected chi connectivity index (χ4v) is 3.70. The Morgan fingerprint density at radius 3 is 2.41 bits per heavy atom. The molecule has 3 atom stereocenters. The number of rotatable bonds is 7. The topological polar surface area (TPSA) is 68.3 Å². The molecule has 2 aliphatic rings. The van der Waals surface area contributed by atoms with Crippen LogP contribution in [0, 0.1) is 5.92 Å². The molecule has 0 aliphatic carbocycles. The third-order valence-corrected chi connectivity index (χ3v) is 5.22. The van der Waals surface area contributed by atoms with E-state index in [-0.39, 0.29) is 6.10 Å². The lowest BCUT2D eigenvalue weighted by molar-refractivity contribution is -0.145. The third kappa shape index (κ3) is 6.64. The largest absolute Gasteiger partial charge is 0.467 e. The van der Waals surface area contributed by atoms with E-state index < -0.39 is 23.7 Å². The van der Waals surface area contributed by atoms with Crippen molar-refractivity contribution in [1.29, 1.82) is 0 Å². The van der Waals surface area contributed by atoms with Crippen LogP contribution in [0.1, 0.15) is 53.4 Å². The molecule has 0 aromatic heterocycles. The van der Waals surface area contributed by atoms with Gasteiger partial charge in [-0.15, -0.1) is 0 Å². The lowest BCUT2D eigenvalue weighted by Crippen LogP contribution is -2.44. The van der Waals surface area contributed by atoms with Crippen LogP contribution in [-0.2, 0) is 19.0 Å². The van der Waals surface area contributed by atoms with Crippen LogP contribution in [0.2, 0.25) is 0 Å². The number of esters is 1. The standard InChI is InChI=1S/C20H36N2O5/c1-6-15(12-21-9-7-8-10-21)14-26-16-11-17(18(23)25-5)22(13-16)19(24)27-20(2,3)4/h15-17H,6-14H2,1-5H3/t15?,16-,17-/m1/s1. The zero-order valence-electron chi connectivity index (χ0n) is 17.5. The van der Waals surface area contributed by atoms with Crippen LogP contribution in [0.3, 0.4) is 0 Å². The second-order valence-electron chi connectivity index (χ2n) is 8.64. The molecule has 2 saturated heterocycles. The minimum absolute atomic E-state index is 0.172. The van der Waals surface area contributed by atoms with Crippen molar-refractivity contribution < 1.29 is 23.8 Å². The molecule has 156 valence electrons. The Bertz CT molecular complexity index is 499. The summed E-state index contributed by atoms with van der Waals surface area (Å²) < 4.78 is 16.4. The first-order chi connectivity index (χ1) is 12.7. The van der Waals surface area contributed by atoms with Gasteiger partial charge in [0.15, 0.2) is 0 Å². The molecular formula is C20H36N2O5. The van der Waals surface area contributed by atoms with Crippen LogP contribution in [0.5, 0.6) is 0 Å². The Balaban J connectivity index is 1.91. The number of hydrogen-bond acceptors (Lipinski definition) is 6. The predicted molar refractivity (Wildman–Crippen MR) is 103 cm³/mol. The van der Waals surface area contributed by atoms with Gasteiger partial charge in [0.2, 0.25) is 0 Å². The highest BCUT2D eigenvalue weighted by atomic mass is 16.6. The van der Waals surface area contributed by atoms with Crippen LogP contribution in [0.15, 0.2) is 0 Å². The van der Waals surface area contributed by atoms with Gasteiger partial charge in [0.25, 0.3) is 0 Å². The fourth-order valence-electron chi connectivity index (χ4n) is 3.70. The van der Waals surface area contributed by atoms with Crippen molar-refractivity contribution in [2.24, 2.45) is 5.92 Å². The monoisotopic (exact) mass is 384 g/mol. The predicted octanol–water partition coefficient (Wildman–Crippen LogP) is 2.68. The van der Waals surface area contributed by atoms with Crippen LogP contribution in [-0.4, -0.2) is 79.5 Å². The van der Waals surface area contributed by atoms with Gasteiger partial charge in [-0.1, -0.05) is 6.92 Å². The van der Waals surface area contributed by atoms with Crippen molar-refractivity contribution in [1.82, 2.24) is 9.80 Å². The zero-order valence-corrected chi connectivity index (χ0v) is 17.5. The molecule has 0 spiro atoms. The molecule has 27 heavy (non-hydrogen) atoms. The lowest BCUT2D eigenvalue weighted by Gasteiger charge is -2.27. The van der Waals surface area contributed by atoms with E-state index in [1.54, 1.807) is 0 Å². The minimum Gasteiger partial charge on any atom is -0.467 e. The molecule has 0 aromatic rings. The van der Waals surface area contributed by atoms with Crippen molar-refractivity contribution in [3.05, 3.63) is 0 Å². The lowest BCUT2D eigenvalue weighted by atomic mass is 10.1. The second-order valence-corrected chi connectivity index (χ2v) is 8.64. The Morgan fingerprint density at radius 1 is 1.19 bits per heavy atom. The smallest absolute Gasteiger partial charge is 0.411 e. The normalized spacial score (nSPS) is 24.9. The number of nitrogens with zero attached hydrogens (tertiary/aromatic N) is 2. The molecule has 0 bridgehead atoms. The summed E-state index contributed by atoms with van der Waals surface area (Å²) in [5, 5.41) is 0. The number of methoxy groups -OCH3 is 1. The number of likely N-dealkylation sites (tertiary alicyclic amines) is 2. The summed E-state index contributed by atoms with van der Waals surface area (Å²) >= 11 is 0. The van der Waals surface area contributed by atoms with Crippen molar-refractivity contribution >= 4 is 12.1 Å². The molecule has 7 heteroatoms. The number of ether oxygens (including phenoxy) is 3. The number of carbonyl (C=O) groups excluding carboxylic acids is 2. The molecule has 0 aromatic carbocycles. The minimum atomic E-state index is -0.645. The van der Waals surface area contributed by atoms with Gasteiger partial charge in [-0.2, -0.15) is 0 Å². The van der Waals surface area contributed by atoms with E-state index in [9.17, 15) is 9.59 Å². The number of amides is 1. The van der Waals surface area contributed by atoms with Crippen molar-refractivity contribution in [3.63, 3.8) is 0 Å². The van der Waals surface area contributed by atoms with Gasteiger partial charge in [-0.3, -0.25) is 4.90 Å². The van der Waals surface area contributed by atoms with Gasteiger partial charge in [-0.25, -0.2) is 9.59 Å². The first kappa shape index (κ1) is 22.0. The van der Waals surface area contributed by atoms with Gasteiger partial charge in [0, 0.05) is 13.0 Å². The average Bonchev–Trinajstić information content (AvgIpc) is 3.25. The first-order valence-corrected chi connectivity index (χ1v) is 10.1. The molecular weight excluding hydrogens is 348 g/mol. The Morgan fingerprint density at radius 2 is 1.85 bits per heavy atom. The van der Waals surface area contributed by atoms with Crippen LogP contribution < -0.4 is 0 Å². The Labute approximate surface area is 163 Å². The fraction of sp³-hybridized carbons (Fsp3) is 0.900. The second kappa shape index (κ2) is 9.73. The molecule has 2 fully saturated rings. The molecule has 2 rings (SSSR count). The average molecular weight is 385 g/mol. The van der Waals surface area contributed by atoms with Crippen molar-refractivity contribution in [3.8, 4) is 0 Å². The van der Waals surface area contributed by atoms with Crippen LogP contribution in [0.4, 0.5) is 4.79 Å². The Hall–Kier alpha value is -1.34. The van der Waals surface area contributed by atoms with Gasteiger partial charge < -0.3 is 19.1 Å². The summed E-state index contributed by atoms with van der Waals surface area (Å²) in [6.07, 6.45) is 3.41. The maximum Gasteiger partial charge on any atom is 0.411 e. The molecule has 1 amide bonds. The first-order valence-electron chi connectivity index (χ1n) is 10.1. The van der Waals surface area contributed by atoms with Crippen LogP contribution in [0.25, 0.3) is 0 Å². The highest BCUT2D eigenvalue weighted by Crippen LogP contribution is 2.25. The molecule has 2 heterocycles. The summed E-state index contributed by atoms with van der Waals surface area (Å²) in [5.74, 6) is 0.0475. The Kier molecular flexibility index (Phi) is 7.91. The van der Waals surface area contributed by atoms with Crippen molar-refractivity contribution in [2.45, 2.75) is 71.1 Å². The van der Waals surface area contributed by atoms with Gasteiger partial charge in [0.05, 0.1) is 26.4 Å². The summed E-state index contributed by atoms with van der Waals surface area (Å²) in [5.41, 5.74) is -0.611. The van der Waals surface area contributed by atoms with E-state index in [4.69, 9.17) is 14.2 Å². The van der Waals surface area contributed by atoms with E-state index in [0.29, 0.717) is 25.5 Å². The number of hydrogen-bond donors (Lipinski definition) is 0. The summed E-state index contributed by atoms with van der Waals surface area (Å²) in [7, 11) is 1.34. The van der Waals surface area contributed by atoms with E-state index in [1.165, 1.54) is 37.9 Å². The molecule has 0 radical (unpaired) electrons. The van der Waals surface area contributed by atoms with E-state index >= 15 is 0 Å². The molecule has 2 aliphatic heterocycles. The maximum absolute atomic E-state index is 12.5. The SMILES string of the molecule is CCC(CO[C@@H]1C[C@H](C(=O)OC)N(C(=O)OC(C)(C)C)C1)CN1CCCC1. The van der Waals surface area contributed by atoms with E-state index in [2.05, 4.69) is 11.8 Å². The molecule has 7 nitrogen and oxygen atoms in total. The van der Waals surface area contributed by atoms with Gasteiger partial charge in [0.1, 0.15) is 11.6 Å².